The molecule has 21 heavy (non-hydrogen) atoms. The second kappa shape index (κ2) is 6.13. The van der Waals surface area contributed by atoms with Gasteiger partial charge in [-0.05, 0) is 30.6 Å². The fourth-order valence-electron chi connectivity index (χ4n) is 2.31. The van der Waals surface area contributed by atoms with Crippen LogP contribution in [0.1, 0.15) is 6.42 Å². The monoisotopic (exact) mass is 309 g/mol. The molecule has 0 radical (unpaired) electrons. The number of azide groups is 1. The highest BCUT2D eigenvalue weighted by molar-refractivity contribution is 7.89. The van der Waals surface area contributed by atoms with Crippen molar-refractivity contribution in [1.82, 2.24) is 4.72 Å². The number of sulfonamides is 1. The maximum Gasteiger partial charge on any atom is 0.242 e. The van der Waals surface area contributed by atoms with Crippen LogP contribution in [-0.2, 0) is 14.8 Å². The molecule has 2 rings (SSSR count). The summed E-state index contributed by atoms with van der Waals surface area (Å²) in [5.41, 5.74) is 8.68. The Hall–Kier alpha value is -2.09. The van der Waals surface area contributed by atoms with Crippen LogP contribution in [0.5, 0.6) is 0 Å². The number of carbonyl (C=O) groups is 1. The number of benzene rings is 1. The molecule has 0 aliphatic carbocycles. The Kier molecular flexibility index (Phi) is 4.46. The van der Waals surface area contributed by atoms with Crippen molar-refractivity contribution in [2.75, 3.05) is 25.0 Å². The highest BCUT2D eigenvalue weighted by atomic mass is 32.2. The van der Waals surface area contributed by atoms with Gasteiger partial charge in [-0.25, -0.2) is 13.1 Å². The Morgan fingerprint density at radius 1 is 1.48 bits per heavy atom. The molecule has 1 aliphatic rings. The number of para-hydroxylation sites is 1. The smallest absolute Gasteiger partial charge is 0.242 e. The summed E-state index contributed by atoms with van der Waals surface area (Å²) >= 11 is 0. The van der Waals surface area contributed by atoms with Crippen LogP contribution in [0.15, 0.2) is 34.3 Å². The third-order valence-corrected chi connectivity index (χ3v) is 4.78. The number of carbonyl (C=O) groups excluding carboxylic acids is 1. The Morgan fingerprint density at radius 2 is 2.19 bits per heavy atom. The lowest BCUT2D eigenvalue weighted by atomic mass is 10.1. The minimum Gasteiger partial charge on any atom is -0.311 e. The molecule has 1 aliphatic heterocycles. The second-order valence-electron chi connectivity index (χ2n) is 4.66. The Balaban J connectivity index is 2.35. The summed E-state index contributed by atoms with van der Waals surface area (Å²) in [6.07, 6.45) is 0.243. The summed E-state index contributed by atoms with van der Waals surface area (Å²) in [5, 5.41) is 3.47. The molecular weight excluding hydrogens is 294 g/mol. The van der Waals surface area contributed by atoms with Crippen LogP contribution in [0.3, 0.4) is 0 Å². The van der Waals surface area contributed by atoms with Gasteiger partial charge in [0.05, 0.1) is 5.69 Å². The minimum atomic E-state index is -3.65. The molecule has 0 spiro atoms. The highest BCUT2D eigenvalue weighted by Crippen LogP contribution is 2.30. The van der Waals surface area contributed by atoms with E-state index in [0.717, 1.165) is 0 Å². The van der Waals surface area contributed by atoms with Gasteiger partial charge in [0.15, 0.2) is 0 Å². The number of nitrogens with one attached hydrogen (secondary N) is 1. The van der Waals surface area contributed by atoms with Crippen molar-refractivity contribution in [3.05, 3.63) is 34.7 Å². The predicted octanol–water partition coefficient (Wildman–Crippen LogP) is 1.26. The number of nitrogens with zero attached hydrogens (tertiary/aromatic N) is 4. The SMILES string of the molecule is CNS(=O)(=O)c1ccccc1N1CC(CN=[N+]=[N-])CC1=O. The zero-order chi connectivity index (χ0) is 15.5. The van der Waals surface area contributed by atoms with Crippen molar-refractivity contribution >= 4 is 21.6 Å². The van der Waals surface area contributed by atoms with Gasteiger partial charge in [-0.15, -0.1) is 0 Å². The molecule has 1 unspecified atom stereocenters. The Labute approximate surface area is 122 Å². The third-order valence-electron chi connectivity index (χ3n) is 3.32. The Morgan fingerprint density at radius 3 is 2.86 bits per heavy atom. The number of anilines is 1. The molecule has 9 heteroatoms. The molecule has 1 saturated heterocycles. The van der Waals surface area contributed by atoms with Crippen LogP contribution < -0.4 is 9.62 Å². The summed E-state index contributed by atoms with van der Waals surface area (Å²) < 4.78 is 26.3. The first-order valence-corrected chi connectivity index (χ1v) is 7.81. The molecule has 1 aromatic carbocycles. The molecule has 112 valence electrons. The molecule has 0 bridgehead atoms. The number of hydrogen-bond donors (Lipinski definition) is 1. The van der Waals surface area contributed by atoms with E-state index in [2.05, 4.69) is 14.7 Å². The largest absolute Gasteiger partial charge is 0.311 e. The van der Waals surface area contributed by atoms with Gasteiger partial charge in [-0.1, -0.05) is 17.2 Å². The molecule has 1 heterocycles. The summed E-state index contributed by atoms with van der Waals surface area (Å²) in [4.78, 5) is 16.3. The van der Waals surface area contributed by atoms with Gasteiger partial charge in [0.1, 0.15) is 4.90 Å². The molecule has 1 fully saturated rings. The van der Waals surface area contributed by atoms with Crippen molar-refractivity contribution in [3.8, 4) is 0 Å². The van der Waals surface area contributed by atoms with E-state index in [1.807, 2.05) is 0 Å². The van der Waals surface area contributed by atoms with E-state index >= 15 is 0 Å². The summed E-state index contributed by atoms with van der Waals surface area (Å²) in [6, 6.07) is 6.33. The lowest BCUT2D eigenvalue weighted by Crippen LogP contribution is -2.28. The quantitative estimate of drug-likeness (QED) is 0.501. The predicted molar refractivity (Wildman–Crippen MR) is 77.2 cm³/mol. The lowest BCUT2D eigenvalue weighted by Gasteiger charge is -2.20. The van der Waals surface area contributed by atoms with Crippen LogP contribution >= 0.6 is 0 Å². The Bertz CT molecular complexity index is 697. The molecule has 1 atom stereocenters. The van der Waals surface area contributed by atoms with E-state index in [1.54, 1.807) is 18.2 Å². The van der Waals surface area contributed by atoms with Crippen LogP contribution in [-0.4, -0.2) is 34.5 Å². The zero-order valence-corrected chi connectivity index (χ0v) is 12.2. The topological polar surface area (TPSA) is 115 Å². The molecular formula is C12H15N5O3S. The average Bonchev–Trinajstić information content (AvgIpc) is 2.86. The van der Waals surface area contributed by atoms with Gasteiger partial charge in [0, 0.05) is 24.4 Å². The number of rotatable bonds is 5. The molecule has 1 N–H and O–H groups in total. The maximum absolute atomic E-state index is 12.1. The molecule has 1 aromatic rings. The highest BCUT2D eigenvalue weighted by Gasteiger charge is 2.33. The normalized spacial score (nSPS) is 18.6. The van der Waals surface area contributed by atoms with Gasteiger partial charge in [0.25, 0.3) is 0 Å². The van der Waals surface area contributed by atoms with Crippen molar-refractivity contribution in [2.45, 2.75) is 11.3 Å². The van der Waals surface area contributed by atoms with Crippen LogP contribution in [0.2, 0.25) is 0 Å². The van der Waals surface area contributed by atoms with Crippen molar-refractivity contribution < 1.29 is 13.2 Å². The number of hydrogen-bond acceptors (Lipinski definition) is 4. The summed E-state index contributed by atoms with van der Waals surface area (Å²) in [6.45, 7) is 0.563. The van der Waals surface area contributed by atoms with E-state index in [0.29, 0.717) is 12.2 Å². The fourth-order valence-corrected chi connectivity index (χ4v) is 3.24. The average molecular weight is 309 g/mol. The van der Waals surface area contributed by atoms with Crippen molar-refractivity contribution in [2.24, 2.45) is 11.0 Å². The standard InChI is InChI=1S/C12H15N5O3S/c1-14-21(19,20)11-5-3-2-4-10(11)17-8-9(6-12(17)18)7-15-16-13/h2-5,9,14H,6-8H2,1H3. The lowest BCUT2D eigenvalue weighted by molar-refractivity contribution is -0.117. The summed E-state index contributed by atoms with van der Waals surface area (Å²) in [5.74, 6) is -0.273. The second-order valence-corrected chi connectivity index (χ2v) is 6.52. The first-order valence-electron chi connectivity index (χ1n) is 6.33. The first-order chi connectivity index (χ1) is 9.99. The molecule has 0 saturated carbocycles. The zero-order valence-electron chi connectivity index (χ0n) is 11.4. The van der Waals surface area contributed by atoms with Gasteiger partial charge in [-0.2, -0.15) is 0 Å². The van der Waals surface area contributed by atoms with Crippen LogP contribution in [0.4, 0.5) is 5.69 Å². The van der Waals surface area contributed by atoms with Gasteiger partial charge in [0.2, 0.25) is 15.9 Å². The molecule has 0 aromatic heterocycles. The van der Waals surface area contributed by atoms with Crippen LogP contribution in [0.25, 0.3) is 10.4 Å². The molecule has 1 amide bonds. The molecule has 8 nitrogen and oxygen atoms in total. The van der Waals surface area contributed by atoms with E-state index in [9.17, 15) is 13.2 Å². The van der Waals surface area contributed by atoms with Gasteiger partial charge < -0.3 is 4.90 Å². The fraction of sp³-hybridized carbons (Fsp3) is 0.417. The van der Waals surface area contributed by atoms with E-state index in [-0.39, 0.29) is 29.7 Å². The minimum absolute atomic E-state index is 0.0604. The van der Waals surface area contributed by atoms with E-state index in [1.165, 1.54) is 18.0 Å². The first kappa shape index (κ1) is 15.3. The van der Waals surface area contributed by atoms with Gasteiger partial charge >= 0.3 is 0 Å². The third kappa shape index (κ3) is 3.15. The number of amides is 1. The van der Waals surface area contributed by atoms with Crippen molar-refractivity contribution in [1.29, 1.82) is 0 Å². The van der Waals surface area contributed by atoms with E-state index in [4.69, 9.17) is 5.53 Å². The van der Waals surface area contributed by atoms with Gasteiger partial charge in [-0.3, -0.25) is 4.79 Å². The summed E-state index contributed by atoms with van der Waals surface area (Å²) in [7, 11) is -2.33. The van der Waals surface area contributed by atoms with E-state index < -0.39 is 10.0 Å². The van der Waals surface area contributed by atoms with Crippen molar-refractivity contribution in [3.63, 3.8) is 0 Å². The van der Waals surface area contributed by atoms with Crippen LogP contribution in [0, 0.1) is 5.92 Å². The maximum atomic E-state index is 12.1.